The normalized spacial score (nSPS) is 16.9. The van der Waals surface area contributed by atoms with Gasteiger partial charge in [0, 0.05) is 37.0 Å². The van der Waals surface area contributed by atoms with Gasteiger partial charge in [-0.15, -0.1) is 0 Å². The van der Waals surface area contributed by atoms with E-state index in [-0.39, 0.29) is 17.6 Å². The number of pyridine rings is 1. The average Bonchev–Trinajstić information content (AvgIpc) is 3.18. The summed E-state index contributed by atoms with van der Waals surface area (Å²) in [4.78, 5) is 32.2. The molecule has 28 heavy (non-hydrogen) atoms. The molecule has 1 aliphatic heterocycles. The molecule has 3 heterocycles. The van der Waals surface area contributed by atoms with Crippen molar-refractivity contribution in [1.29, 1.82) is 0 Å². The van der Waals surface area contributed by atoms with Crippen LogP contribution in [0.3, 0.4) is 0 Å². The largest absolute Gasteiger partial charge is 0.497 e. The number of hydrogen-bond donors (Lipinski definition) is 0. The van der Waals surface area contributed by atoms with Crippen LogP contribution in [0.1, 0.15) is 39.3 Å². The highest BCUT2D eigenvalue weighted by Crippen LogP contribution is 2.24. The summed E-state index contributed by atoms with van der Waals surface area (Å²) in [5, 5.41) is 0. The molecule has 2 aromatic heterocycles. The lowest BCUT2D eigenvalue weighted by Gasteiger charge is -2.31. The first kappa shape index (κ1) is 18.2. The maximum atomic E-state index is 13.0. The Bertz CT molecular complexity index is 1040. The van der Waals surface area contributed by atoms with Crippen LogP contribution in [0, 0.1) is 12.8 Å². The van der Waals surface area contributed by atoms with Crippen LogP contribution >= 0.6 is 0 Å². The molecule has 1 aromatic carbocycles. The van der Waals surface area contributed by atoms with Crippen molar-refractivity contribution in [2.75, 3.05) is 20.2 Å². The minimum absolute atomic E-state index is 0.0576. The second-order valence-corrected chi connectivity index (χ2v) is 7.23. The van der Waals surface area contributed by atoms with Crippen molar-refractivity contribution in [3.8, 4) is 5.75 Å². The van der Waals surface area contributed by atoms with E-state index in [4.69, 9.17) is 4.74 Å². The lowest BCUT2D eigenvalue weighted by Crippen LogP contribution is -2.42. The molecule has 0 spiro atoms. The van der Waals surface area contributed by atoms with E-state index in [1.807, 2.05) is 41.8 Å². The number of piperidine rings is 1. The number of methoxy groups -OCH3 is 1. The van der Waals surface area contributed by atoms with Crippen molar-refractivity contribution in [3.05, 3.63) is 65.6 Å². The van der Waals surface area contributed by atoms with Gasteiger partial charge in [0.1, 0.15) is 17.1 Å². The van der Waals surface area contributed by atoms with Crippen molar-refractivity contribution in [3.63, 3.8) is 0 Å². The Kier molecular flexibility index (Phi) is 4.86. The summed E-state index contributed by atoms with van der Waals surface area (Å²) >= 11 is 0. The van der Waals surface area contributed by atoms with Crippen molar-refractivity contribution in [2.45, 2.75) is 19.8 Å². The van der Waals surface area contributed by atoms with E-state index in [1.54, 1.807) is 30.3 Å². The Morgan fingerprint density at radius 2 is 2.07 bits per heavy atom. The fourth-order valence-corrected chi connectivity index (χ4v) is 3.81. The third-order valence-corrected chi connectivity index (χ3v) is 5.33. The number of hydrogen-bond acceptors (Lipinski definition) is 4. The molecule has 0 bridgehead atoms. The van der Waals surface area contributed by atoms with E-state index in [2.05, 4.69) is 4.98 Å². The van der Waals surface area contributed by atoms with Gasteiger partial charge in [-0.2, -0.15) is 0 Å². The highest BCUT2D eigenvalue weighted by Gasteiger charge is 2.30. The number of carbonyl (C=O) groups is 2. The van der Waals surface area contributed by atoms with Crippen molar-refractivity contribution in [2.24, 2.45) is 5.92 Å². The molecule has 3 aromatic rings. The molecule has 1 atom stereocenters. The quantitative estimate of drug-likeness (QED) is 0.654. The molecule has 6 heteroatoms. The zero-order valence-corrected chi connectivity index (χ0v) is 16.1. The molecule has 4 rings (SSSR count). The first-order valence-corrected chi connectivity index (χ1v) is 9.48. The summed E-state index contributed by atoms with van der Waals surface area (Å²) in [6, 6.07) is 11.1. The van der Waals surface area contributed by atoms with Crippen LogP contribution in [0.15, 0.2) is 48.8 Å². The van der Waals surface area contributed by atoms with E-state index in [9.17, 15) is 9.59 Å². The van der Waals surface area contributed by atoms with Gasteiger partial charge in [-0.25, -0.2) is 4.98 Å². The molecule has 144 valence electrons. The Morgan fingerprint density at radius 3 is 2.86 bits per heavy atom. The second kappa shape index (κ2) is 7.46. The maximum Gasteiger partial charge on any atom is 0.274 e. The van der Waals surface area contributed by atoms with Crippen LogP contribution in [0.4, 0.5) is 0 Å². The standard InChI is InChI=1S/C22H23N3O3/c1-15-6-4-10-24-14-19(23-21(15)24)22(27)25-11-5-8-17(13-25)20(26)16-7-3-9-18(12-16)28-2/h3-4,6-7,9-10,12,14,17H,5,8,11,13H2,1-2H3. The predicted molar refractivity (Wildman–Crippen MR) is 106 cm³/mol. The maximum absolute atomic E-state index is 13.0. The van der Waals surface area contributed by atoms with E-state index in [1.165, 1.54) is 0 Å². The molecular weight excluding hydrogens is 354 g/mol. The predicted octanol–water partition coefficient (Wildman–Crippen LogP) is 3.39. The molecule has 0 saturated carbocycles. The van der Waals surface area contributed by atoms with Crippen LogP contribution in [0.2, 0.25) is 0 Å². The first-order valence-electron chi connectivity index (χ1n) is 9.48. The summed E-state index contributed by atoms with van der Waals surface area (Å²) in [7, 11) is 1.58. The molecule has 0 aliphatic carbocycles. The number of aryl methyl sites for hydroxylation is 1. The number of ketones is 1. The van der Waals surface area contributed by atoms with Gasteiger partial charge < -0.3 is 14.0 Å². The SMILES string of the molecule is COc1cccc(C(=O)C2CCCN(C(=O)c3cn4cccc(C)c4n3)C2)c1. The van der Waals surface area contributed by atoms with E-state index in [0.717, 1.165) is 24.1 Å². The van der Waals surface area contributed by atoms with Crippen LogP contribution in [0.5, 0.6) is 5.75 Å². The van der Waals surface area contributed by atoms with E-state index >= 15 is 0 Å². The zero-order valence-electron chi connectivity index (χ0n) is 16.1. The van der Waals surface area contributed by atoms with E-state index < -0.39 is 0 Å². The van der Waals surface area contributed by atoms with Crippen LogP contribution in [0.25, 0.3) is 5.65 Å². The Hall–Kier alpha value is -3.15. The molecule has 0 N–H and O–H groups in total. The number of fused-ring (bicyclic) bond motifs is 1. The third kappa shape index (κ3) is 3.38. The van der Waals surface area contributed by atoms with Gasteiger partial charge in [0.15, 0.2) is 5.78 Å². The summed E-state index contributed by atoms with van der Waals surface area (Å²) in [5.41, 5.74) is 2.85. The topological polar surface area (TPSA) is 63.9 Å². The second-order valence-electron chi connectivity index (χ2n) is 7.23. The highest BCUT2D eigenvalue weighted by atomic mass is 16.5. The van der Waals surface area contributed by atoms with Crippen molar-refractivity contribution >= 4 is 17.3 Å². The fourth-order valence-electron chi connectivity index (χ4n) is 3.81. The number of Topliss-reactive ketones (excluding diaryl/α,β-unsaturated/α-hetero) is 1. The van der Waals surface area contributed by atoms with Gasteiger partial charge in [-0.1, -0.05) is 18.2 Å². The minimum atomic E-state index is -0.205. The smallest absolute Gasteiger partial charge is 0.274 e. The fraction of sp³-hybridized carbons (Fsp3) is 0.318. The average molecular weight is 377 g/mol. The number of nitrogens with zero attached hydrogens (tertiary/aromatic N) is 3. The first-order chi connectivity index (χ1) is 13.6. The molecular formula is C22H23N3O3. The van der Waals surface area contributed by atoms with Crippen LogP contribution < -0.4 is 4.74 Å². The van der Waals surface area contributed by atoms with E-state index in [0.29, 0.717) is 30.1 Å². The third-order valence-electron chi connectivity index (χ3n) is 5.33. The van der Waals surface area contributed by atoms with Gasteiger partial charge >= 0.3 is 0 Å². The summed E-state index contributed by atoms with van der Waals surface area (Å²) in [6.45, 7) is 3.04. The summed E-state index contributed by atoms with van der Waals surface area (Å²) in [6.07, 6.45) is 5.23. The molecule has 1 saturated heterocycles. The number of imidazole rings is 1. The number of amides is 1. The van der Waals surface area contributed by atoms with Gasteiger partial charge in [0.2, 0.25) is 0 Å². The molecule has 1 fully saturated rings. The Balaban J connectivity index is 1.53. The Morgan fingerprint density at radius 1 is 1.21 bits per heavy atom. The van der Waals surface area contributed by atoms with Gasteiger partial charge in [0.25, 0.3) is 5.91 Å². The van der Waals surface area contributed by atoms with Gasteiger partial charge in [0.05, 0.1) is 7.11 Å². The number of rotatable bonds is 4. The number of benzene rings is 1. The number of carbonyl (C=O) groups excluding carboxylic acids is 2. The lowest BCUT2D eigenvalue weighted by molar-refractivity contribution is 0.0632. The monoisotopic (exact) mass is 377 g/mol. The molecule has 6 nitrogen and oxygen atoms in total. The van der Waals surface area contributed by atoms with Gasteiger partial charge in [-0.3, -0.25) is 9.59 Å². The highest BCUT2D eigenvalue weighted by molar-refractivity contribution is 5.99. The Labute approximate surface area is 163 Å². The minimum Gasteiger partial charge on any atom is -0.497 e. The zero-order chi connectivity index (χ0) is 19.7. The van der Waals surface area contributed by atoms with Crippen molar-refractivity contribution in [1.82, 2.24) is 14.3 Å². The van der Waals surface area contributed by atoms with Crippen molar-refractivity contribution < 1.29 is 14.3 Å². The molecule has 1 unspecified atom stereocenters. The molecule has 1 amide bonds. The van der Waals surface area contributed by atoms with Crippen LogP contribution in [-0.2, 0) is 0 Å². The molecule has 1 aliphatic rings. The number of ether oxygens (including phenoxy) is 1. The molecule has 0 radical (unpaired) electrons. The summed E-state index contributed by atoms with van der Waals surface area (Å²) < 4.78 is 7.09. The summed E-state index contributed by atoms with van der Waals surface area (Å²) in [5.74, 6) is 0.395. The van der Waals surface area contributed by atoms with Gasteiger partial charge in [-0.05, 0) is 43.5 Å². The number of likely N-dealkylation sites (tertiary alicyclic amines) is 1. The van der Waals surface area contributed by atoms with Crippen LogP contribution in [-0.4, -0.2) is 46.2 Å². The lowest BCUT2D eigenvalue weighted by atomic mass is 9.90. The number of aromatic nitrogens is 2.